The second-order valence-electron chi connectivity index (χ2n) is 4.92. The van der Waals surface area contributed by atoms with Crippen LogP contribution in [0.5, 0.6) is 11.5 Å². The van der Waals surface area contributed by atoms with Crippen molar-refractivity contribution in [2.45, 2.75) is 11.0 Å². The molecule has 3 heteroatoms. The number of benzene rings is 3. The number of rotatable bonds is 4. The molecule has 0 saturated heterocycles. The second kappa shape index (κ2) is 6.69. The maximum Gasteiger partial charge on any atom is 0.146 e. The molecule has 1 N–H and O–H groups in total. The van der Waals surface area contributed by atoms with Gasteiger partial charge in [-0.2, -0.15) is 0 Å². The van der Waals surface area contributed by atoms with Crippen LogP contribution in [0.3, 0.4) is 0 Å². The predicted molar refractivity (Wildman–Crippen MR) is 90.7 cm³/mol. The summed E-state index contributed by atoms with van der Waals surface area (Å²) in [4.78, 5) is 0.691. The predicted octanol–water partition coefficient (Wildman–Crippen LogP) is 4.85. The highest BCUT2D eigenvalue weighted by Crippen LogP contribution is 2.37. The molecule has 0 aliphatic carbocycles. The number of hydrogen-bond donors (Lipinski definition) is 2. The molecule has 3 aromatic rings. The third-order valence-corrected chi connectivity index (χ3v) is 3.75. The Morgan fingerprint density at radius 1 is 0.773 bits per heavy atom. The Hall–Kier alpha value is -2.23. The van der Waals surface area contributed by atoms with E-state index in [-0.39, 0.29) is 0 Å². The first kappa shape index (κ1) is 14.7. The minimum Gasteiger partial charge on any atom is -0.456 e. The molecule has 0 fully saturated rings. The van der Waals surface area contributed by atoms with Crippen LogP contribution in [0.15, 0.2) is 83.8 Å². The van der Waals surface area contributed by atoms with Gasteiger partial charge in [-0.1, -0.05) is 60.7 Å². The molecule has 2 nitrogen and oxygen atoms in total. The molecular formula is C19H16O2S. The van der Waals surface area contributed by atoms with Crippen LogP contribution in [-0.2, 0) is 0 Å². The Morgan fingerprint density at radius 2 is 1.41 bits per heavy atom. The van der Waals surface area contributed by atoms with Crippen LogP contribution in [0, 0.1) is 0 Å². The van der Waals surface area contributed by atoms with E-state index in [1.165, 1.54) is 0 Å². The quantitative estimate of drug-likeness (QED) is 0.675. The molecule has 0 radical (unpaired) electrons. The smallest absolute Gasteiger partial charge is 0.146 e. The summed E-state index contributed by atoms with van der Waals surface area (Å²) >= 11 is 4.47. The Bertz CT molecular complexity index is 742. The van der Waals surface area contributed by atoms with Gasteiger partial charge in [-0.25, -0.2) is 0 Å². The molecule has 0 aliphatic rings. The van der Waals surface area contributed by atoms with Crippen molar-refractivity contribution >= 4 is 12.6 Å². The van der Waals surface area contributed by atoms with E-state index in [1.54, 1.807) is 0 Å². The molecule has 0 saturated carbocycles. The number of ether oxygens (including phenoxy) is 1. The standard InChI is InChI=1S/C19H16O2S/c20-18(14-8-3-1-4-9-14)16-12-7-13-17(22)19(16)21-15-10-5-2-6-11-15/h1-13,18,20,22H. The fourth-order valence-corrected chi connectivity index (χ4v) is 2.55. The SMILES string of the molecule is OC(c1ccccc1)c1cccc(S)c1Oc1ccccc1. The van der Waals surface area contributed by atoms with E-state index >= 15 is 0 Å². The number of hydrogen-bond acceptors (Lipinski definition) is 3. The van der Waals surface area contributed by atoms with E-state index in [4.69, 9.17) is 4.74 Å². The zero-order chi connectivity index (χ0) is 15.4. The number of para-hydroxylation sites is 2. The highest BCUT2D eigenvalue weighted by atomic mass is 32.1. The van der Waals surface area contributed by atoms with Gasteiger partial charge in [-0.05, 0) is 23.8 Å². The fourth-order valence-electron chi connectivity index (χ4n) is 2.29. The van der Waals surface area contributed by atoms with Crippen molar-refractivity contribution in [1.82, 2.24) is 0 Å². The van der Waals surface area contributed by atoms with Crippen LogP contribution in [0.2, 0.25) is 0 Å². The molecule has 0 amide bonds. The number of aliphatic hydroxyl groups excluding tert-OH is 1. The van der Waals surface area contributed by atoms with E-state index in [1.807, 2.05) is 78.9 Å². The zero-order valence-electron chi connectivity index (χ0n) is 11.9. The van der Waals surface area contributed by atoms with Gasteiger partial charge in [0.25, 0.3) is 0 Å². The van der Waals surface area contributed by atoms with Crippen LogP contribution in [0.25, 0.3) is 0 Å². The van der Waals surface area contributed by atoms with Gasteiger partial charge < -0.3 is 9.84 Å². The van der Waals surface area contributed by atoms with Crippen LogP contribution in [-0.4, -0.2) is 5.11 Å². The summed E-state index contributed by atoms with van der Waals surface area (Å²) in [5.74, 6) is 1.29. The first-order valence-electron chi connectivity index (χ1n) is 7.03. The lowest BCUT2D eigenvalue weighted by Gasteiger charge is -2.18. The average Bonchev–Trinajstić information content (AvgIpc) is 2.58. The molecule has 3 aromatic carbocycles. The third-order valence-electron chi connectivity index (χ3n) is 3.40. The van der Waals surface area contributed by atoms with Gasteiger partial charge >= 0.3 is 0 Å². The van der Waals surface area contributed by atoms with Crippen molar-refractivity contribution < 1.29 is 9.84 Å². The first-order chi connectivity index (χ1) is 10.8. The van der Waals surface area contributed by atoms with E-state index in [0.717, 1.165) is 5.56 Å². The normalized spacial score (nSPS) is 11.9. The molecule has 0 bridgehead atoms. The summed E-state index contributed by atoms with van der Waals surface area (Å²) in [7, 11) is 0. The van der Waals surface area contributed by atoms with Crippen LogP contribution in [0.4, 0.5) is 0 Å². The molecule has 110 valence electrons. The van der Waals surface area contributed by atoms with Crippen molar-refractivity contribution in [2.24, 2.45) is 0 Å². The molecule has 22 heavy (non-hydrogen) atoms. The monoisotopic (exact) mass is 308 g/mol. The molecule has 0 spiro atoms. The van der Waals surface area contributed by atoms with Crippen LogP contribution >= 0.6 is 12.6 Å². The molecule has 1 atom stereocenters. The van der Waals surface area contributed by atoms with Gasteiger partial charge in [-0.15, -0.1) is 12.6 Å². The van der Waals surface area contributed by atoms with Gasteiger partial charge in [0.05, 0.1) is 0 Å². The summed E-state index contributed by atoms with van der Waals surface area (Å²) in [6.07, 6.45) is -0.757. The van der Waals surface area contributed by atoms with E-state index in [0.29, 0.717) is 22.0 Å². The summed E-state index contributed by atoms with van der Waals surface area (Å²) in [5.41, 5.74) is 1.52. The van der Waals surface area contributed by atoms with Gasteiger partial charge in [-0.3, -0.25) is 0 Å². The topological polar surface area (TPSA) is 29.5 Å². The third kappa shape index (κ3) is 3.16. The molecule has 1 unspecified atom stereocenters. The van der Waals surface area contributed by atoms with Crippen molar-refractivity contribution in [3.8, 4) is 11.5 Å². The van der Waals surface area contributed by atoms with E-state index in [9.17, 15) is 5.11 Å². The van der Waals surface area contributed by atoms with Crippen molar-refractivity contribution in [3.63, 3.8) is 0 Å². The van der Waals surface area contributed by atoms with Crippen molar-refractivity contribution in [2.75, 3.05) is 0 Å². The number of thiol groups is 1. The molecule has 0 aromatic heterocycles. The van der Waals surface area contributed by atoms with Crippen molar-refractivity contribution in [1.29, 1.82) is 0 Å². The molecule has 3 rings (SSSR count). The van der Waals surface area contributed by atoms with Crippen LogP contribution < -0.4 is 4.74 Å². The summed E-state index contributed by atoms with van der Waals surface area (Å²) in [6, 6.07) is 24.6. The van der Waals surface area contributed by atoms with E-state index in [2.05, 4.69) is 12.6 Å². The maximum absolute atomic E-state index is 10.7. The largest absolute Gasteiger partial charge is 0.456 e. The Morgan fingerprint density at radius 3 is 2.09 bits per heavy atom. The molecular weight excluding hydrogens is 292 g/mol. The summed E-state index contributed by atoms with van der Waals surface area (Å²) in [5, 5.41) is 10.7. The average molecular weight is 308 g/mol. The van der Waals surface area contributed by atoms with Gasteiger partial charge in [0.2, 0.25) is 0 Å². The Balaban J connectivity index is 2.00. The Labute approximate surface area is 135 Å². The van der Waals surface area contributed by atoms with Gasteiger partial charge in [0.15, 0.2) is 0 Å². The highest BCUT2D eigenvalue weighted by molar-refractivity contribution is 7.80. The van der Waals surface area contributed by atoms with Crippen LogP contribution in [0.1, 0.15) is 17.2 Å². The van der Waals surface area contributed by atoms with E-state index < -0.39 is 6.10 Å². The number of aliphatic hydroxyl groups is 1. The maximum atomic E-state index is 10.7. The second-order valence-corrected chi connectivity index (χ2v) is 5.41. The zero-order valence-corrected chi connectivity index (χ0v) is 12.8. The van der Waals surface area contributed by atoms with Gasteiger partial charge in [0.1, 0.15) is 17.6 Å². The lowest BCUT2D eigenvalue weighted by Crippen LogP contribution is -2.02. The minimum atomic E-state index is -0.757. The molecule has 0 aliphatic heterocycles. The Kier molecular flexibility index (Phi) is 4.47. The highest BCUT2D eigenvalue weighted by Gasteiger charge is 2.17. The molecule has 0 heterocycles. The summed E-state index contributed by atoms with van der Waals surface area (Å²) < 4.78 is 5.95. The lowest BCUT2D eigenvalue weighted by atomic mass is 10.0. The van der Waals surface area contributed by atoms with Gasteiger partial charge in [0, 0.05) is 10.5 Å². The fraction of sp³-hybridized carbons (Fsp3) is 0.0526. The minimum absolute atomic E-state index is 0.577. The summed E-state index contributed by atoms with van der Waals surface area (Å²) in [6.45, 7) is 0. The lowest BCUT2D eigenvalue weighted by molar-refractivity contribution is 0.215. The first-order valence-corrected chi connectivity index (χ1v) is 7.48. The van der Waals surface area contributed by atoms with Crippen molar-refractivity contribution in [3.05, 3.63) is 90.0 Å².